The van der Waals surface area contributed by atoms with E-state index >= 15 is 0 Å². The van der Waals surface area contributed by atoms with Crippen molar-refractivity contribution >= 4 is 15.7 Å². The Morgan fingerprint density at radius 3 is 2.76 bits per heavy atom. The molecule has 0 fully saturated rings. The molecule has 3 rings (SSSR count). The summed E-state index contributed by atoms with van der Waals surface area (Å²) in [7, 11) is -3.54. The van der Waals surface area contributed by atoms with Crippen LogP contribution < -0.4 is 10.0 Å². The number of rotatable bonds is 3. The van der Waals surface area contributed by atoms with Crippen LogP contribution in [0.5, 0.6) is 0 Å². The molecule has 0 spiro atoms. The smallest absolute Gasteiger partial charge is 0.261 e. The summed E-state index contributed by atoms with van der Waals surface area (Å²) in [6.45, 7) is 3.60. The zero-order chi connectivity index (χ0) is 14.9. The first-order valence-corrected chi connectivity index (χ1v) is 8.45. The lowest BCUT2D eigenvalue weighted by Crippen LogP contribution is -2.24. The van der Waals surface area contributed by atoms with Crippen molar-refractivity contribution in [1.82, 2.24) is 5.32 Å². The normalized spacial score (nSPS) is 14.5. The van der Waals surface area contributed by atoms with Crippen molar-refractivity contribution < 1.29 is 8.42 Å². The third kappa shape index (κ3) is 3.09. The molecule has 0 atom stereocenters. The summed E-state index contributed by atoms with van der Waals surface area (Å²) in [4.78, 5) is 0.312. The Kier molecular flexibility index (Phi) is 3.69. The molecule has 0 saturated carbocycles. The number of anilines is 1. The molecule has 110 valence electrons. The van der Waals surface area contributed by atoms with E-state index in [1.807, 2.05) is 31.2 Å². The van der Waals surface area contributed by atoms with Crippen LogP contribution in [0, 0.1) is 6.92 Å². The molecule has 1 heterocycles. The molecule has 4 nitrogen and oxygen atoms in total. The summed E-state index contributed by atoms with van der Waals surface area (Å²) >= 11 is 0. The number of hydrogen-bond donors (Lipinski definition) is 2. The predicted molar refractivity (Wildman–Crippen MR) is 83.8 cm³/mol. The van der Waals surface area contributed by atoms with E-state index in [2.05, 4.69) is 10.0 Å². The first kappa shape index (κ1) is 14.1. The predicted octanol–water partition coefficient (Wildman–Crippen LogP) is 2.44. The summed E-state index contributed by atoms with van der Waals surface area (Å²) in [5, 5.41) is 3.26. The summed E-state index contributed by atoms with van der Waals surface area (Å²) < 4.78 is 27.6. The number of nitrogens with one attached hydrogen (secondary N) is 2. The minimum atomic E-state index is -3.54. The summed E-state index contributed by atoms with van der Waals surface area (Å²) in [6.07, 6.45) is 0.945. The molecule has 5 heteroatoms. The molecule has 0 saturated heterocycles. The van der Waals surface area contributed by atoms with Gasteiger partial charge in [-0.05, 0) is 60.8 Å². The van der Waals surface area contributed by atoms with Crippen LogP contribution in [0.4, 0.5) is 5.69 Å². The van der Waals surface area contributed by atoms with E-state index in [0.717, 1.165) is 30.6 Å². The molecule has 2 N–H and O–H groups in total. The van der Waals surface area contributed by atoms with Crippen LogP contribution in [0.15, 0.2) is 47.4 Å². The molecule has 0 amide bonds. The highest BCUT2D eigenvalue weighted by molar-refractivity contribution is 7.92. The second-order valence-electron chi connectivity index (χ2n) is 5.33. The van der Waals surface area contributed by atoms with Crippen LogP contribution in [-0.4, -0.2) is 15.0 Å². The third-order valence-electron chi connectivity index (χ3n) is 3.64. The topological polar surface area (TPSA) is 58.2 Å². The number of benzene rings is 2. The quantitative estimate of drug-likeness (QED) is 0.915. The van der Waals surface area contributed by atoms with Crippen molar-refractivity contribution in [2.75, 3.05) is 11.3 Å². The summed E-state index contributed by atoms with van der Waals surface area (Å²) in [5.74, 6) is 0. The van der Waals surface area contributed by atoms with E-state index in [9.17, 15) is 8.42 Å². The molecule has 0 aliphatic carbocycles. The highest BCUT2D eigenvalue weighted by Gasteiger charge is 2.17. The van der Waals surface area contributed by atoms with E-state index < -0.39 is 10.0 Å². The van der Waals surface area contributed by atoms with E-state index in [-0.39, 0.29) is 0 Å². The van der Waals surface area contributed by atoms with Crippen LogP contribution in [0.1, 0.15) is 16.7 Å². The molecule has 0 radical (unpaired) electrons. The lowest BCUT2D eigenvalue weighted by molar-refractivity contribution is 0.599. The molecule has 0 aromatic heterocycles. The first-order chi connectivity index (χ1) is 10.0. The maximum atomic E-state index is 12.5. The van der Waals surface area contributed by atoms with Gasteiger partial charge in [-0.1, -0.05) is 18.2 Å². The Labute approximate surface area is 125 Å². The van der Waals surface area contributed by atoms with Gasteiger partial charge in [0.05, 0.1) is 4.90 Å². The fourth-order valence-corrected chi connectivity index (χ4v) is 3.65. The number of fused-ring (bicyclic) bond motifs is 1. The first-order valence-electron chi connectivity index (χ1n) is 6.97. The van der Waals surface area contributed by atoms with Gasteiger partial charge in [0.1, 0.15) is 0 Å². The largest absolute Gasteiger partial charge is 0.312 e. The van der Waals surface area contributed by atoms with Gasteiger partial charge < -0.3 is 5.32 Å². The van der Waals surface area contributed by atoms with Gasteiger partial charge in [-0.25, -0.2) is 8.42 Å². The number of hydrogen-bond acceptors (Lipinski definition) is 3. The Morgan fingerprint density at radius 1 is 1.10 bits per heavy atom. The molecule has 2 aromatic rings. The van der Waals surface area contributed by atoms with Gasteiger partial charge in [0.25, 0.3) is 10.0 Å². The molecule has 1 aliphatic rings. The fourth-order valence-electron chi connectivity index (χ4n) is 2.55. The maximum Gasteiger partial charge on any atom is 0.261 e. The zero-order valence-corrected chi connectivity index (χ0v) is 12.7. The van der Waals surface area contributed by atoms with Gasteiger partial charge in [-0.3, -0.25) is 4.72 Å². The van der Waals surface area contributed by atoms with Crippen molar-refractivity contribution in [1.29, 1.82) is 0 Å². The van der Waals surface area contributed by atoms with Crippen LogP contribution in [0.3, 0.4) is 0 Å². The Bertz CT molecular complexity index is 770. The lowest BCUT2D eigenvalue weighted by atomic mass is 10.0. The van der Waals surface area contributed by atoms with Gasteiger partial charge in [0, 0.05) is 12.2 Å². The third-order valence-corrected chi connectivity index (χ3v) is 5.02. The Morgan fingerprint density at radius 2 is 1.95 bits per heavy atom. The second kappa shape index (κ2) is 5.50. The monoisotopic (exact) mass is 302 g/mol. The summed E-state index contributed by atoms with van der Waals surface area (Å²) in [5.41, 5.74) is 3.90. The van der Waals surface area contributed by atoms with Crippen LogP contribution in [0.2, 0.25) is 0 Å². The minimum absolute atomic E-state index is 0.312. The van der Waals surface area contributed by atoms with Crippen LogP contribution in [-0.2, 0) is 23.0 Å². The number of aryl methyl sites for hydroxylation is 1. The molecule has 0 unspecified atom stereocenters. The van der Waals surface area contributed by atoms with E-state index in [4.69, 9.17) is 0 Å². The number of sulfonamides is 1. The fraction of sp³-hybridized carbons (Fsp3) is 0.250. The van der Waals surface area contributed by atoms with Gasteiger partial charge in [-0.2, -0.15) is 0 Å². The average Bonchev–Trinajstić information content (AvgIpc) is 2.46. The van der Waals surface area contributed by atoms with Gasteiger partial charge in [0.15, 0.2) is 0 Å². The highest BCUT2D eigenvalue weighted by atomic mass is 32.2. The molecule has 2 aromatic carbocycles. The molecular weight excluding hydrogens is 284 g/mol. The van der Waals surface area contributed by atoms with Crippen molar-refractivity contribution in [3.63, 3.8) is 0 Å². The lowest BCUT2D eigenvalue weighted by Gasteiger charge is -2.18. The molecule has 0 bridgehead atoms. The highest BCUT2D eigenvalue weighted by Crippen LogP contribution is 2.21. The molecular formula is C16H18N2O2S. The van der Waals surface area contributed by atoms with E-state index in [1.54, 1.807) is 18.2 Å². The Hall–Kier alpha value is -1.85. The molecule has 21 heavy (non-hydrogen) atoms. The average molecular weight is 302 g/mol. The van der Waals surface area contributed by atoms with Crippen molar-refractivity contribution in [3.8, 4) is 0 Å². The molecule has 1 aliphatic heterocycles. The zero-order valence-electron chi connectivity index (χ0n) is 11.9. The van der Waals surface area contributed by atoms with E-state index in [1.165, 1.54) is 5.56 Å². The van der Waals surface area contributed by atoms with Crippen LogP contribution >= 0.6 is 0 Å². The standard InChI is InChI=1S/C16H18N2O2S/c1-12-3-2-4-15(9-12)18-21(19,20)16-6-5-13-7-8-17-11-14(13)10-16/h2-6,9-10,17-18H,7-8,11H2,1H3. The van der Waals surface area contributed by atoms with Crippen molar-refractivity contribution in [3.05, 3.63) is 59.2 Å². The summed E-state index contributed by atoms with van der Waals surface area (Å²) in [6, 6.07) is 12.7. The Balaban J connectivity index is 1.91. The second-order valence-corrected chi connectivity index (χ2v) is 7.01. The minimum Gasteiger partial charge on any atom is -0.312 e. The maximum absolute atomic E-state index is 12.5. The van der Waals surface area contributed by atoms with Crippen molar-refractivity contribution in [2.45, 2.75) is 24.8 Å². The van der Waals surface area contributed by atoms with Gasteiger partial charge in [0.2, 0.25) is 0 Å². The van der Waals surface area contributed by atoms with E-state index in [0.29, 0.717) is 10.6 Å². The van der Waals surface area contributed by atoms with Gasteiger partial charge in [-0.15, -0.1) is 0 Å². The van der Waals surface area contributed by atoms with Gasteiger partial charge >= 0.3 is 0 Å². The van der Waals surface area contributed by atoms with Crippen LogP contribution in [0.25, 0.3) is 0 Å². The SMILES string of the molecule is Cc1cccc(NS(=O)(=O)c2ccc3c(c2)CNCC3)c1. The van der Waals surface area contributed by atoms with Crippen molar-refractivity contribution in [2.24, 2.45) is 0 Å².